The van der Waals surface area contributed by atoms with Crippen LogP contribution in [0.25, 0.3) is 11.0 Å². The van der Waals surface area contributed by atoms with Gasteiger partial charge in [0.25, 0.3) is 0 Å². The largest absolute Gasteiger partial charge is 0.489 e. The first-order valence-corrected chi connectivity index (χ1v) is 7.73. The second kappa shape index (κ2) is 6.80. The first kappa shape index (κ1) is 16.1. The average Bonchev–Trinajstić information content (AvgIpc) is 2.93. The van der Waals surface area contributed by atoms with Gasteiger partial charge >= 0.3 is 0 Å². The summed E-state index contributed by atoms with van der Waals surface area (Å²) in [5.41, 5.74) is 7.10. The molecule has 3 rings (SSSR count). The van der Waals surface area contributed by atoms with Crippen LogP contribution in [0.5, 0.6) is 5.75 Å². The standard InChI is InChI=1S/C18H20N2O4/c1-12-8-14-9-15(2-3-17(14)24-12)23-11-13-4-6-20(7-5-13)16(10-21)18(19)22/h2-6,8-9,16,21H,7,10-11H2,1H3,(H2,19,22)/t16-/m0/s1. The highest BCUT2D eigenvalue weighted by Gasteiger charge is 2.21. The van der Waals surface area contributed by atoms with Gasteiger partial charge in [-0.1, -0.05) is 6.08 Å². The van der Waals surface area contributed by atoms with Crippen LogP contribution in [0.3, 0.4) is 0 Å². The Kier molecular flexibility index (Phi) is 4.57. The minimum Gasteiger partial charge on any atom is -0.489 e. The Balaban J connectivity index is 1.60. The summed E-state index contributed by atoms with van der Waals surface area (Å²) in [6, 6.07) is 6.98. The van der Waals surface area contributed by atoms with Gasteiger partial charge < -0.3 is 24.9 Å². The second-order valence-corrected chi connectivity index (χ2v) is 5.74. The van der Waals surface area contributed by atoms with Crippen molar-refractivity contribution in [3.63, 3.8) is 0 Å². The molecule has 0 saturated heterocycles. The maximum atomic E-state index is 11.3. The number of aliphatic hydroxyl groups excluding tert-OH is 1. The Hall–Kier alpha value is -2.73. The van der Waals surface area contributed by atoms with E-state index in [1.807, 2.05) is 43.3 Å². The zero-order valence-electron chi connectivity index (χ0n) is 13.4. The van der Waals surface area contributed by atoms with Crippen molar-refractivity contribution in [3.05, 3.63) is 54.0 Å². The van der Waals surface area contributed by atoms with Crippen LogP contribution in [0, 0.1) is 6.92 Å². The van der Waals surface area contributed by atoms with Crippen LogP contribution in [-0.2, 0) is 4.79 Å². The van der Waals surface area contributed by atoms with E-state index in [-0.39, 0.29) is 6.61 Å². The third kappa shape index (κ3) is 3.44. The SMILES string of the molecule is Cc1cc2cc(OCC3=CCN([C@@H](CO)C(N)=O)C=C3)ccc2o1. The van der Waals surface area contributed by atoms with E-state index < -0.39 is 11.9 Å². The van der Waals surface area contributed by atoms with Gasteiger partial charge in [0.2, 0.25) is 5.91 Å². The molecule has 0 spiro atoms. The highest BCUT2D eigenvalue weighted by atomic mass is 16.5. The fourth-order valence-corrected chi connectivity index (χ4v) is 2.65. The molecule has 1 amide bonds. The molecule has 1 aromatic carbocycles. The number of rotatable bonds is 6. The monoisotopic (exact) mass is 328 g/mol. The Bertz CT molecular complexity index is 806. The third-order valence-corrected chi connectivity index (χ3v) is 3.96. The molecule has 6 nitrogen and oxygen atoms in total. The molecule has 1 aliphatic rings. The summed E-state index contributed by atoms with van der Waals surface area (Å²) in [4.78, 5) is 13.0. The molecule has 0 unspecified atom stereocenters. The van der Waals surface area contributed by atoms with E-state index in [1.165, 1.54) is 0 Å². The lowest BCUT2D eigenvalue weighted by Gasteiger charge is -2.28. The van der Waals surface area contributed by atoms with Crippen molar-refractivity contribution in [2.75, 3.05) is 19.8 Å². The van der Waals surface area contributed by atoms with E-state index in [9.17, 15) is 9.90 Å². The third-order valence-electron chi connectivity index (χ3n) is 3.96. The number of amides is 1. The van der Waals surface area contributed by atoms with E-state index in [0.29, 0.717) is 13.2 Å². The molecule has 0 bridgehead atoms. The summed E-state index contributed by atoms with van der Waals surface area (Å²) in [5, 5.41) is 10.2. The van der Waals surface area contributed by atoms with Gasteiger partial charge in [0.05, 0.1) is 6.61 Å². The number of nitrogens with zero attached hydrogens (tertiary/aromatic N) is 1. The zero-order valence-corrected chi connectivity index (χ0v) is 13.4. The first-order valence-electron chi connectivity index (χ1n) is 7.73. The lowest BCUT2D eigenvalue weighted by molar-refractivity contribution is -0.123. The number of hydrogen-bond acceptors (Lipinski definition) is 5. The molecule has 0 aliphatic carbocycles. The molecule has 6 heteroatoms. The number of primary amides is 1. The normalized spacial score (nSPS) is 15.4. The number of furan rings is 1. The predicted molar refractivity (Wildman–Crippen MR) is 90.4 cm³/mol. The van der Waals surface area contributed by atoms with Crippen molar-refractivity contribution < 1.29 is 19.1 Å². The molecule has 1 atom stereocenters. The number of hydrogen-bond donors (Lipinski definition) is 2. The van der Waals surface area contributed by atoms with Crippen molar-refractivity contribution >= 4 is 16.9 Å². The Morgan fingerprint density at radius 3 is 2.96 bits per heavy atom. The highest BCUT2D eigenvalue weighted by molar-refractivity contribution is 5.80. The van der Waals surface area contributed by atoms with E-state index in [2.05, 4.69) is 0 Å². The number of aryl methyl sites for hydroxylation is 1. The fourth-order valence-electron chi connectivity index (χ4n) is 2.65. The van der Waals surface area contributed by atoms with E-state index >= 15 is 0 Å². The molecule has 126 valence electrons. The molecule has 2 aromatic rings. The summed E-state index contributed by atoms with van der Waals surface area (Å²) in [5.74, 6) is 1.09. The molecule has 0 fully saturated rings. The molecular weight excluding hydrogens is 308 g/mol. The number of carbonyl (C=O) groups excluding carboxylic acids is 1. The molecule has 2 heterocycles. The predicted octanol–water partition coefficient (Wildman–Crippen LogP) is 1.72. The van der Waals surface area contributed by atoms with Gasteiger partial charge in [-0.25, -0.2) is 0 Å². The number of aliphatic hydroxyl groups is 1. The summed E-state index contributed by atoms with van der Waals surface area (Å²) < 4.78 is 11.4. The van der Waals surface area contributed by atoms with E-state index in [0.717, 1.165) is 28.1 Å². The van der Waals surface area contributed by atoms with Crippen LogP contribution in [0.4, 0.5) is 0 Å². The molecule has 24 heavy (non-hydrogen) atoms. The molecule has 0 saturated carbocycles. The fraction of sp³-hybridized carbons (Fsp3) is 0.278. The molecular formula is C18H20N2O4. The van der Waals surface area contributed by atoms with Crippen LogP contribution in [0.15, 0.2) is 52.6 Å². The van der Waals surface area contributed by atoms with Crippen LogP contribution in [-0.4, -0.2) is 41.7 Å². The second-order valence-electron chi connectivity index (χ2n) is 5.74. The van der Waals surface area contributed by atoms with Gasteiger partial charge in [0, 0.05) is 18.1 Å². The first-order chi connectivity index (χ1) is 11.6. The smallest absolute Gasteiger partial charge is 0.242 e. The van der Waals surface area contributed by atoms with Gasteiger partial charge in [-0.3, -0.25) is 4.79 Å². The van der Waals surface area contributed by atoms with Crippen LogP contribution in [0.1, 0.15) is 5.76 Å². The van der Waals surface area contributed by atoms with Gasteiger partial charge in [-0.05, 0) is 42.8 Å². The average molecular weight is 328 g/mol. The van der Waals surface area contributed by atoms with Crippen molar-refractivity contribution in [1.82, 2.24) is 4.90 Å². The molecule has 1 aliphatic heterocycles. The topological polar surface area (TPSA) is 88.9 Å². The van der Waals surface area contributed by atoms with Crippen molar-refractivity contribution in [2.45, 2.75) is 13.0 Å². The zero-order chi connectivity index (χ0) is 17.1. The maximum absolute atomic E-state index is 11.3. The van der Waals surface area contributed by atoms with Crippen molar-refractivity contribution in [2.24, 2.45) is 5.73 Å². The van der Waals surface area contributed by atoms with Gasteiger partial charge in [-0.2, -0.15) is 0 Å². The van der Waals surface area contributed by atoms with E-state index in [4.69, 9.17) is 14.9 Å². The lowest BCUT2D eigenvalue weighted by atomic mass is 10.1. The quantitative estimate of drug-likeness (QED) is 0.843. The van der Waals surface area contributed by atoms with Crippen molar-refractivity contribution in [3.8, 4) is 5.75 Å². The van der Waals surface area contributed by atoms with Crippen LogP contribution >= 0.6 is 0 Å². The minimum atomic E-state index is -0.702. The summed E-state index contributed by atoms with van der Waals surface area (Å²) >= 11 is 0. The molecule has 1 aromatic heterocycles. The van der Waals surface area contributed by atoms with E-state index in [1.54, 1.807) is 11.1 Å². The maximum Gasteiger partial charge on any atom is 0.242 e. The minimum absolute atomic E-state index is 0.302. The summed E-state index contributed by atoms with van der Waals surface area (Å²) in [6.07, 6.45) is 5.56. The van der Waals surface area contributed by atoms with Gasteiger partial charge in [0.1, 0.15) is 29.7 Å². The molecule has 0 radical (unpaired) electrons. The van der Waals surface area contributed by atoms with Crippen LogP contribution < -0.4 is 10.5 Å². The van der Waals surface area contributed by atoms with Gasteiger partial charge in [-0.15, -0.1) is 0 Å². The molecule has 3 N–H and O–H groups in total. The Morgan fingerprint density at radius 2 is 2.29 bits per heavy atom. The highest BCUT2D eigenvalue weighted by Crippen LogP contribution is 2.24. The number of benzene rings is 1. The summed E-state index contributed by atoms with van der Waals surface area (Å²) in [6.45, 7) is 2.54. The Morgan fingerprint density at radius 1 is 1.46 bits per heavy atom. The van der Waals surface area contributed by atoms with Crippen molar-refractivity contribution in [1.29, 1.82) is 0 Å². The number of ether oxygens (including phenoxy) is 1. The van der Waals surface area contributed by atoms with Crippen LogP contribution in [0.2, 0.25) is 0 Å². The number of nitrogens with two attached hydrogens (primary N) is 1. The summed E-state index contributed by atoms with van der Waals surface area (Å²) in [7, 11) is 0. The number of carbonyl (C=O) groups is 1. The lowest BCUT2D eigenvalue weighted by Crippen LogP contribution is -2.45. The Labute approximate surface area is 139 Å². The van der Waals surface area contributed by atoms with Gasteiger partial charge in [0.15, 0.2) is 0 Å². The number of fused-ring (bicyclic) bond motifs is 1.